The number of benzene rings is 3. The lowest BCUT2D eigenvalue weighted by Gasteiger charge is -2.31. The number of phenols is 5. The molecule has 3 heterocycles. The number of nitrogens with zero attached hydrogens (tertiary/aromatic N) is 2. The van der Waals surface area contributed by atoms with Gasteiger partial charge in [-0.3, -0.25) is 14.5 Å². The predicted octanol–water partition coefficient (Wildman–Crippen LogP) is 13.1. The fourth-order valence-corrected chi connectivity index (χ4v) is 8.70. The number of epoxide rings is 1. The highest BCUT2D eigenvalue weighted by molar-refractivity contribution is 6.15. The van der Waals surface area contributed by atoms with Gasteiger partial charge in [0.2, 0.25) is 0 Å². The molecule has 0 radical (unpaired) electrons. The Hall–Kier alpha value is -5.96. The van der Waals surface area contributed by atoms with E-state index in [0.29, 0.717) is 41.6 Å². The van der Waals surface area contributed by atoms with Gasteiger partial charge in [-0.25, -0.2) is 0 Å². The second-order valence-electron chi connectivity index (χ2n) is 21.2. The molecule has 14 heteroatoms. The molecule has 396 valence electrons. The molecule has 3 aromatic carbocycles. The van der Waals surface area contributed by atoms with Gasteiger partial charge in [-0.1, -0.05) is 103 Å². The van der Waals surface area contributed by atoms with Crippen molar-refractivity contribution >= 4 is 40.3 Å². The molecule has 8 N–H and O–H groups in total. The van der Waals surface area contributed by atoms with E-state index >= 15 is 0 Å². The van der Waals surface area contributed by atoms with Crippen molar-refractivity contribution in [2.75, 3.05) is 40.3 Å². The zero-order valence-electron chi connectivity index (χ0n) is 44.6. The monoisotopic (exact) mass is 997 g/mol. The Morgan fingerprint density at radius 3 is 2.00 bits per heavy atom. The molecule has 6 rings (SSSR count). The molecule has 1 fully saturated rings. The summed E-state index contributed by atoms with van der Waals surface area (Å²) in [6, 6.07) is 9.97. The molecular formula is C58H84N4O10. The summed E-state index contributed by atoms with van der Waals surface area (Å²) in [7, 11) is 0. The smallest absolute Gasteiger partial charge is 0.262 e. The molecule has 0 aromatic heterocycles. The number of phenolic OH excluding ortho intramolecular Hbond substituents is 5. The quantitative estimate of drug-likeness (QED) is 0.0165. The van der Waals surface area contributed by atoms with Crippen molar-refractivity contribution in [1.29, 1.82) is 0 Å². The number of anilines is 5. The maximum absolute atomic E-state index is 13.5. The highest BCUT2D eigenvalue weighted by atomic mass is 16.6. The Labute approximate surface area is 428 Å². The minimum absolute atomic E-state index is 0.0545. The first-order valence-corrected chi connectivity index (χ1v) is 25.6. The topological polar surface area (TPSA) is 208 Å². The Balaban J connectivity index is 0.000000286. The van der Waals surface area contributed by atoms with Crippen molar-refractivity contribution in [3.8, 4) is 28.7 Å². The van der Waals surface area contributed by atoms with E-state index in [1.165, 1.54) is 60.1 Å². The van der Waals surface area contributed by atoms with Crippen molar-refractivity contribution in [2.45, 2.75) is 157 Å². The summed E-state index contributed by atoms with van der Waals surface area (Å²) < 4.78 is 11.9. The average molecular weight is 997 g/mol. The number of rotatable bonds is 21. The number of aliphatic hydroxyl groups excluding tert-OH is 1. The third-order valence-electron chi connectivity index (χ3n) is 13.5. The Bertz CT molecular complexity index is 2410. The van der Waals surface area contributed by atoms with E-state index in [0.717, 1.165) is 57.3 Å². The van der Waals surface area contributed by atoms with Crippen LogP contribution in [0.1, 0.15) is 150 Å². The van der Waals surface area contributed by atoms with E-state index in [-0.39, 0.29) is 81.8 Å². The number of carbonyl (C=O) groups excluding carboxylic acids is 2. The van der Waals surface area contributed by atoms with Gasteiger partial charge in [-0.2, -0.15) is 0 Å². The molecule has 3 atom stereocenters. The number of ether oxygens (including phenoxy) is 2. The first kappa shape index (κ1) is 58.6. The van der Waals surface area contributed by atoms with E-state index in [4.69, 9.17) is 14.6 Å². The first-order valence-electron chi connectivity index (χ1n) is 25.6. The number of para-hydroxylation sites is 1. The standard InChI is InChI=1S/C28H40N2O5.C26H36N2O4.C4H8O/c1-18(2)9-6-10-19(3)11-8-14-28(4,5)35-17-30-22-15-20(31)16-24(33)26(22)29-25-21(27(30)34)12-7-13-23(25)32;1-16(10-11-23-26(5,6)32-23)8-7-9-17(2)12-13-28-21-14-20(29)15-22(30)24(21)27-19(4)18(3)25(28)31;1-2-3-4-5/h7,12-13,15-16,18-19,29,31-33H,6,8-11,14,17H2,1-5H3;8,14-15,17,23,27,29-30H,3-4,7,9-13H2,1-2,5-6H3;2-3,5H,4H2,1H3/b;16-8+;3-2-. The number of allylic oxidation sites excluding steroid dienone is 3. The van der Waals surface area contributed by atoms with Crippen molar-refractivity contribution in [1.82, 2.24) is 0 Å². The Morgan fingerprint density at radius 1 is 0.819 bits per heavy atom. The SMILES string of the molecule is C/C=C\CO.C=C1Nc2c(O)cc(O)cc2N(CCC(C)CC/C=C(\C)CCC2OC2(C)C)C(=O)C1=C.CC(C)CCCC(C)CCCC(C)(C)OCN1C(=O)c2cccc(O)c2Nc2c(O)cc(O)cc21. The predicted molar refractivity (Wildman–Crippen MR) is 291 cm³/mol. The Kier molecular flexibility index (Phi) is 21.7. The van der Waals surface area contributed by atoms with Gasteiger partial charge in [0.1, 0.15) is 46.9 Å². The fraction of sp³-hybridized carbons (Fsp3) is 0.517. The Morgan fingerprint density at radius 2 is 1.42 bits per heavy atom. The number of nitrogens with one attached hydrogen (secondary N) is 2. The van der Waals surface area contributed by atoms with Gasteiger partial charge < -0.3 is 55.6 Å². The van der Waals surface area contributed by atoms with Crippen molar-refractivity contribution in [3.05, 3.63) is 96.3 Å². The van der Waals surface area contributed by atoms with Gasteiger partial charge >= 0.3 is 0 Å². The lowest BCUT2D eigenvalue weighted by Crippen LogP contribution is -2.37. The lowest BCUT2D eigenvalue weighted by molar-refractivity contribution is -0.114. The van der Waals surface area contributed by atoms with Gasteiger partial charge in [0, 0.05) is 36.5 Å². The number of aliphatic hydroxyl groups is 1. The number of amides is 2. The molecule has 0 spiro atoms. The second-order valence-corrected chi connectivity index (χ2v) is 21.2. The molecule has 1 saturated heterocycles. The third-order valence-corrected chi connectivity index (χ3v) is 13.5. The van der Waals surface area contributed by atoms with Crippen LogP contribution in [-0.2, 0) is 14.3 Å². The minimum atomic E-state index is -0.474. The highest BCUT2D eigenvalue weighted by Crippen LogP contribution is 2.47. The molecule has 3 unspecified atom stereocenters. The summed E-state index contributed by atoms with van der Waals surface area (Å²) in [5, 5.41) is 65.1. The number of fused-ring (bicyclic) bond motifs is 3. The van der Waals surface area contributed by atoms with Crippen LogP contribution in [-0.4, -0.2) is 79.6 Å². The van der Waals surface area contributed by atoms with Crippen LogP contribution in [0.15, 0.2) is 90.7 Å². The summed E-state index contributed by atoms with van der Waals surface area (Å²) in [6.45, 7) is 29.6. The molecule has 0 bridgehead atoms. The van der Waals surface area contributed by atoms with E-state index in [1.807, 2.05) is 20.8 Å². The molecule has 2 amide bonds. The molecular weight excluding hydrogens is 913 g/mol. The average Bonchev–Trinajstić information content (AvgIpc) is 3.97. The van der Waals surface area contributed by atoms with Gasteiger partial charge in [0.25, 0.3) is 11.8 Å². The second kappa shape index (κ2) is 26.7. The summed E-state index contributed by atoms with van der Waals surface area (Å²) in [5.74, 6) is 0.373. The van der Waals surface area contributed by atoms with E-state index < -0.39 is 11.5 Å². The van der Waals surface area contributed by atoms with Crippen LogP contribution in [0, 0.1) is 17.8 Å². The van der Waals surface area contributed by atoms with E-state index in [1.54, 1.807) is 29.2 Å². The first-order chi connectivity index (χ1) is 33.9. The van der Waals surface area contributed by atoms with Gasteiger partial charge in [-0.15, -0.1) is 0 Å². The van der Waals surface area contributed by atoms with Crippen molar-refractivity contribution in [3.63, 3.8) is 0 Å². The maximum atomic E-state index is 13.5. The summed E-state index contributed by atoms with van der Waals surface area (Å²) in [5.41, 5.74) is 3.29. The van der Waals surface area contributed by atoms with Crippen LogP contribution < -0.4 is 20.4 Å². The summed E-state index contributed by atoms with van der Waals surface area (Å²) in [4.78, 5) is 29.4. The molecule has 3 aliphatic rings. The van der Waals surface area contributed by atoms with Crippen LogP contribution in [0.2, 0.25) is 0 Å². The minimum Gasteiger partial charge on any atom is -0.508 e. The lowest BCUT2D eigenvalue weighted by atomic mass is 9.92. The molecule has 0 aliphatic carbocycles. The molecule has 72 heavy (non-hydrogen) atoms. The summed E-state index contributed by atoms with van der Waals surface area (Å²) in [6.07, 6.45) is 17.9. The maximum Gasteiger partial charge on any atom is 0.262 e. The molecule has 0 saturated carbocycles. The largest absolute Gasteiger partial charge is 0.508 e. The molecule has 3 aromatic rings. The van der Waals surface area contributed by atoms with E-state index in [9.17, 15) is 35.1 Å². The zero-order chi connectivity index (χ0) is 53.5. The molecule has 3 aliphatic heterocycles. The summed E-state index contributed by atoms with van der Waals surface area (Å²) >= 11 is 0. The number of hydrogen-bond donors (Lipinski definition) is 8. The third kappa shape index (κ3) is 17.1. The van der Waals surface area contributed by atoms with Gasteiger partial charge in [0.15, 0.2) is 0 Å². The number of aromatic hydroxyl groups is 5. The van der Waals surface area contributed by atoms with Gasteiger partial charge in [0.05, 0.1) is 52.1 Å². The van der Waals surface area contributed by atoms with E-state index in [2.05, 4.69) is 78.3 Å². The van der Waals surface area contributed by atoms with Crippen LogP contribution in [0.3, 0.4) is 0 Å². The van der Waals surface area contributed by atoms with Crippen LogP contribution in [0.25, 0.3) is 0 Å². The number of carbonyl (C=O) groups is 2. The van der Waals surface area contributed by atoms with Crippen molar-refractivity contribution in [2.24, 2.45) is 17.8 Å². The number of hydrogen-bond acceptors (Lipinski definition) is 12. The zero-order valence-corrected chi connectivity index (χ0v) is 44.6. The normalized spacial score (nSPS) is 17.1. The van der Waals surface area contributed by atoms with Crippen molar-refractivity contribution < 1.29 is 49.7 Å². The fourth-order valence-electron chi connectivity index (χ4n) is 8.70. The van der Waals surface area contributed by atoms with Crippen LogP contribution in [0.5, 0.6) is 28.7 Å². The van der Waals surface area contributed by atoms with Crippen LogP contribution >= 0.6 is 0 Å². The van der Waals surface area contributed by atoms with Gasteiger partial charge in [-0.05, 0) is 110 Å². The molecule has 14 nitrogen and oxygen atoms in total. The van der Waals surface area contributed by atoms with Crippen LogP contribution in [0.4, 0.5) is 28.4 Å². The highest BCUT2D eigenvalue weighted by Gasteiger charge is 2.46.